The van der Waals surface area contributed by atoms with E-state index in [0.717, 1.165) is 10.9 Å². The fraction of sp³-hybridized carbons (Fsp3) is 0.286. The quantitative estimate of drug-likeness (QED) is 0.793. The first-order chi connectivity index (χ1) is 9.20. The number of halogens is 1. The number of benzene rings is 1. The fourth-order valence-electron chi connectivity index (χ4n) is 1.84. The average molecular weight is 322 g/mol. The minimum absolute atomic E-state index is 0.0381. The summed E-state index contributed by atoms with van der Waals surface area (Å²) in [6.07, 6.45) is 3.39. The monoisotopic (exact) mass is 321 g/mol. The molecule has 0 spiro atoms. The average Bonchev–Trinajstić information content (AvgIpc) is 2.85. The van der Waals surface area contributed by atoms with Gasteiger partial charge < -0.3 is 9.47 Å². The van der Waals surface area contributed by atoms with Gasteiger partial charge in [-0.3, -0.25) is 4.79 Å². The van der Waals surface area contributed by atoms with Crippen LogP contribution in [0.1, 0.15) is 16.1 Å². The van der Waals surface area contributed by atoms with Crippen LogP contribution in [0.5, 0.6) is 0 Å². The van der Waals surface area contributed by atoms with E-state index in [0.29, 0.717) is 18.8 Å². The van der Waals surface area contributed by atoms with Crippen LogP contribution in [0.3, 0.4) is 0 Å². The highest BCUT2D eigenvalue weighted by atomic mass is 79.9. The summed E-state index contributed by atoms with van der Waals surface area (Å²) in [4.78, 5) is 18.3. The summed E-state index contributed by atoms with van der Waals surface area (Å²) >= 11 is 3.39. The molecule has 0 saturated carbocycles. The van der Waals surface area contributed by atoms with E-state index in [9.17, 15) is 4.79 Å². The molecule has 0 atom stereocenters. The minimum Gasteiger partial charge on any atom is -0.340 e. The van der Waals surface area contributed by atoms with Crippen molar-refractivity contribution < 1.29 is 4.79 Å². The molecule has 0 aliphatic rings. The molecule has 1 aromatic carbocycles. The van der Waals surface area contributed by atoms with E-state index in [2.05, 4.69) is 20.9 Å². The van der Waals surface area contributed by atoms with E-state index in [1.165, 1.54) is 0 Å². The first kappa shape index (κ1) is 13.8. The molecule has 4 nitrogen and oxygen atoms in total. The molecule has 2 rings (SSSR count). The molecule has 0 aliphatic heterocycles. The van der Waals surface area contributed by atoms with Gasteiger partial charge in [0.1, 0.15) is 5.69 Å². The smallest absolute Gasteiger partial charge is 0.274 e. The molecule has 100 valence electrons. The van der Waals surface area contributed by atoms with E-state index < -0.39 is 0 Å². The molecule has 0 N–H and O–H groups in total. The normalized spacial score (nSPS) is 10.4. The van der Waals surface area contributed by atoms with Crippen molar-refractivity contribution in [1.82, 2.24) is 14.5 Å². The number of aryl methyl sites for hydroxylation is 1. The van der Waals surface area contributed by atoms with Gasteiger partial charge in [0.25, 0.3) is 5.91 Å². The van der Waals surface area contributed by atoms with Gasteiger partial charge in [-0.15, -0.1) is 0 Å². The summed E-state index contributed by atoms with van der Waals surface area (Å²) in [5, 5.41) is 0.748. The van der Waals surface area contributed by atoms with Gasteiger partial charge >= 0.3 is 0 Å². The zero-order valence-corrected chi connectivity index (χ0v) is 12.4. The largest absolute Gasteiger partial charge is 0.340 e. The zero-order chi connectivity index (χ0) is 13.7. The second-order valence-electron chi connectivity index (χ2n) is 4.33. The summed E-state index contributed by atoms with van der Waals surface area (Å²) in [6, 6.07) is 9.97. The molecule has 1 aromatic heterocycles. The van der Waals surface area contributed by atoms with Crippen LogP contribution in [0.4, 0.5) is 0 Å². The molecule has 0 radical (unpaired) electrons. The molecule has 0 aliphatic carbocycles. The lowest BCUT2D eigenvalue weighted by atomic mass is 10.2. The third-order valence-electron chi connectivity index (χ3n) is 2.78. The van der Waals surface area contributed by atoms with Crippen molar-refractivity contribution in [3.63, 3.8) is 0 Å². The van der Waals surface area contributed by atoms with Crippen LogP contribution < -0.4 is 0 Å². The molecule has 1 amide bonds. The Balaban J connectivity index is 2.13. The van der Waals surface area contributed by atoms with Gasteiger partial charge in [0.2, 0.25) is 0 Å². The number of rotatable bonds is 5. The van der Waals surface area contributed by atoms with E-state index in [1.807, 2.05) is 37.4 Å². The molecule has 0 saturated heterocycles. The second-order valence-corrected chi connectivity index (χ2v) is 5.12. The van der Waals surface area contributed by atoms with E-state index >= 15 is 0 Å². The Labute approximate surface area is 121 Å². The second kappa shape index (κ2) is 6.52. The first-order valence-corrected chi connectivity index (χ1v) is 7.20. The molecule has 0 bridgehead atoms. The Hall–Kier alpha value is -1.62. The van der Waals surface area contributed by atoms with Crippen LogP contribution in [0.2, 0.25) is 0 Å². The van der Waals surface area contributed by atoms with Crippen molar-refractivity contribution in [2.24, 2.45) is 7.05 Å². The Morgan fingerprint density at radius 2 is 2.11 bits per heavy atom. The van der Waals surface area contributed by atoms with Crippen molar-refractivity contribution >= 4 is 21.8 Å². The molecule has 5 heteroatoms. The predicted octanol–water partition coefficient (Wildman–Crippen LogP) is 2.46. The van der Waals surface area contributed by atoms with Crippen molar-refractivity contribution in [2.75, 3.05) is 11.9 Å². The van der Waals surface area contributed by atoms with Gasteiger partial charge in [-0.1, -0.05) is 46.3 Å². The van der Waals surface area contributed by atoms with Crippen LogP contribution >= 0.6 is 15.9 Å². The third kappa shape index (κ3) is 3.67. The summed E-state index contributed by atoms with van der Waals surface area (Å²) in [7, 11) is 1.86. The number of aromatic nitrogens is 2. The highest BCUT2D eigenvalue weighted by Gasteiger charge is 2.17. The number of carbonyl (C=O) groups excluding carboxylic acids is 1. The standard InChI is InChI=1S/C14H16BrN3O/c1-17-10-13(16-11-17)14(19)18(8-7-15)9-12-5-3-2-4-6-12/h2-6,10-11H,7-9H2,1H3. The maximum atomic E-state index is 12.4. The highest BCUT2D eigenvalue weighted by molar-refractivity contribution is 9.09. The number of hydrogen-bond acceptors (Lipinski definition) is 2. The van der Waals surface area contributed by atoms with Crippen LogP contribution in [-0.2, 0) is 13.6 Å². The number of imidazole rings is 1. The Kier molecular flexibility index (Phi) is 4.74. The summed E-state index contributed by atoms with van der Waals surface area (Å²) in [6.45, 7) is 1.26. The van der Waals surface area contributed by atoms with Gasteiger partial charge in [0.15, 0.2) is 0 Å². The number of alkyl halides is 1. The van der Waals surface area contributed by atoms with Crippen LogP contribution in [0, 0.1) is 0 Å². The summed E-state index contributed by atoms with van der Waals surface area (Å²) < 4.78 is 1.78. The highest BCUT2D eigenvalue weighted by Crippen LogP contribution is 2.09. The van der Waals surface area contributed by atoms with Gasteiger partial charge in [-0.05, 0) is 5.56 Å². The SMILES string of the molecule is Cn1cnc(C(=O)N(CCBr)Cc2ccccc2)c1. The van der Waals surface area contributed by atoms with E-state index in [1.54, 1.807) is 22.0 Å². The maximum Gasteiger partial charge on any atom is 0.274 e. The maximum absolute atomic E-state index is 12.4. The van der Waals surface area contributed by atoms with Gasteiger partial charge in [0.05, 0.1) is 6.33 Å². The lowest BCUT2D eigenvalue weighted by Gasteiger charge is -2.20. The number of nitrogens with zero attached hydrogens (tertiary/aromatic N) is 3. The van der Waals surface area contributed by atoms with Crippen LogP contribution in [0.25, 0.3) is 0 Å². The molecule has 1 heterocycles. The van der Waals surface area contributed by atoms with Crippen LogP contribution in [-0.4, -0.2) is 32.2 Å². The van der Waals surface area contributed by atoms with E-state index in [-0.39, 0.29) is 5.91 Å². The van der Waals surface area contributed by atoms with E-state index in [4.69, 9.17) is 0 Å². The van der Waals surface area contributed by atoms with Gasteiger partial charge in [0, 0.05) is 31.7 Å². The molecule has 19 heavy (non-hydrogen) atoms. The molecular formula is C14H16BrN3O. The topological polar surface area (TPSA) is 38.1 Å². The van der Waals surface area contributed by atoms with Crippen molar-refractivity contribution in [1.29, 1.82) is 0 Å². The van der Waals surface area contributed by atoms with Crippen molar-refractivity contribution in [2.45, 2.75) is 6.54 Å². The van der Waals surface area contributed by atoms with Gasteiger partial charge in [-0.2, -0.15) is 0 Å². The van der Waals surface area contributed by atoms with Gasteiger partial charge in [-0.25, -0.2) is 4.98 Å². The molecule has 2 aromatic rings. The van der Waals surface area contributed by atoms with Crippen molar-refractivity contribution in [3.8, 4) is 0 Å². The molecule has 0 unspecified atom stereocenters. The zero-order valence-electron chi connectivity index (χ0n) is 10.8. The summed E-state index contributed by atoms with van der Waals surface area (Å²) in [5.74, 6) is -0.0381. The molecule has 0 fully saturated rings. The third-order valence-corrected chi connectivity index (χ3v) is 3.14. The first-order valence-electron chi connectivity index (χ1n) is 6.08. The Bertz CT molecular complexity index is 539. The number of amides is 1. The van der Waals surface area contributed by atoms with Crippen molar-refractivity contribution in [3.05, 3.63) is 54.1 Å². The lowest BCUT2D eigenvalue weighted by Crippen LogP contribution is -2.32. The Morgan fingerprint density at radius 1 is 1.37 bits per heavy atom. The summed E-state index contributed by atoms with van der Waals surface area (Å²) in [5.41, 5.74) is 1.60. The number of carbonyl (C=O) groups is 1. The number of hydrogen-bond donors (Lipinski definition) is 0. The van der Waals surface area contributed by atoms with Crippen LogP contribution in [0.15, 0.2) is 42.9 Å². The minimum atomic E-state index is -0.0381. The predicted molar refractivity (Wildman–Crippen MR) is 78.2 cm³/mol. The lowest BCUT2D eigenvalue weighted by molar-refractivity contribution is 0.0749. The fourth-order valence-corrected chi connectivity index (χ4v) is 2.27. The molecular weight excluding hydrogens is 306 g/mol. The Morgan fingerprint density at radius 3 is 2.68 bits per heavy atom.